The van der Waals surface area contributed by atoms with Crippen LogP contribution in [0.25, 0.3) is 0 Å². The van der Waals surface area contributed by atoms with Crippen molar-refractivity contribution >= 4 is 5.97 Å². The Hall–Kier alpha value is -0.570. The van der Waals surface area contributed by atoms with Crippen LogP contribution in [0.3, 0.4) is 0 Å². The maximum absolute atomic E-state index is 10.00. The molecule has 1 radical (unpaired) electrons. The summed E-state index contributed by atoms with van der Waals surface area (Å²) in [6, 6.07) is -0.801. The fourth-order valence-corrected chi connectivity index (χ4v) is 0.604. The first kappa shape index (κ1) is 8.43. The lowest BCUT2D eigenvalue weighted by Gasteiger charge is -2.05. The number of carbonyl (C=O) groups excluding carboxylic acids is 1. The van der Waals surface area contributed by atoms with Gasteiger partial charge in [0.05, 0.1) is 0 Å². The minimum absolute atomic E-state index is 0.317. The van der Waals surface area contributed by atoms with Crippen molar-refractivity contribution in [1.82, 2.24) is 0 Å². The first-order valence-corrected chi connectivity index (χ1v) is 3.00. The quantitative estimate of drug-likeness (QED) is 0.597. The van der Waals surface area contributed by atoms with Gasteiger partial charge < -0.3 is 5.73 Å². The molecule has 0 aromatic carbocycles. The van der Waals surface area contributed by atoms with Gasteiger partial charge in [-0.25, -0.2) is 9.90 Å². The zero-order valence-corrected chi connectivity index (χ0v) is 5.76. The summed E-state index contributed by atoms with van der Waals surface area (Å²) < 4.78 is 0. The molecule has 1 atom stereocenters. The summed E-state index contributed by atoms with van der Waals surface area (Å²) in [7, 11) is 0. The summed E-state index contributed by atoms with van der Waals surface area (Å²) >= 11 is 0. The molecule has 3 heteroatoms. The fourth-order valence-electron chi connectivity index (χ4n) is 0.604. The SMILES string of the molecule is CC(C)C[C@H](N)C([O])=O. The molecule has 0 rings (SSSR count). The van der Waals surface area contributed by atoms with E-state index in [9.17, 15) is 9.90 Å². The molecule has 2 N–H and O–H groups in total. The Balaban J connectivity index is 3.50. The third-order valence-corrected chi connectivity index (χ3v) is 1.03. The largest absolute Gasteiger partial charge is 0.372 e. The van der Waals surface area contributed by atoms with Gasteiger partial charge in [-0.1, -0.05) is 13.8 Å². The molecule has 0 aliphatic carbocycles. The van der Waals surface area contributed by atoms with Crippen LogP contribution < -0.4 is 5.73 Å². The summed E-state index contributed by atoms with van der Waals surface area (Å²) in [5, 5.41) is 10.00. The van der Waals surface area contributed by atoms with Crippen molar-refractivity contribution in [2.75, 3.05) is 0 Å². The average molecular weight is 130 g/mol. The van der Waals surface area contributed by atoms with E-state index in [4.69, 9.17) is 5.73 Å². The molecule has 53 valence electrons. The average Bonchev–Trinajstić information content (AvgIpc) is 1.63. The van der Waals surface area contributed by atoms with E-state index >= 15 is 0 Å². The Labute approximate surface area is 54.9 Å². The van der Waals surface area contributed by atoms with E-state index in [1.165, 1.54) is 0 Å². The van der Waals surface area contributed by atoms with Crippen LogP contribution in [0.15, 0.2) is 0 Å². The first-order valence-electron chi connectivity index (χ1n) is 3.00. The van der Waals surface area contributed by atoms with Crippen LogP contribution in [-0.4, -0.2) is 12.0 Å². The minimum atomic E-state index is -1.16. The van der Waals surface area contributed by atoms with Crippen molar-refractivity contribution in [3.05, 3.63) is 0 Å². The molecule has 0 saturated heterocycles. The van der Waals surface area contributed by atoms with E-state index in [-0.39, 0.29) is 0 Å². The van der Waals surface area contributed by atoms with Crippen LogP contribution in [-0.2, 0) is 9.90 Å². The van der Waals surface area contributed by atoms with Crippen molar-refractivity contribution in [2.24, 2.45) is 11.7 Å². The molecule has 0 aromatic rings. The molecule has 9 heavy (non-hydrogen) atoms. The standard InChI is InChI=1S/C6H12NO2/c1-4(2)3-5(7)6(8)9/h4-5H,3,7H2,1-2H3/t5-/m0/s1. The second kappa shape index (κ2) is 3.45. The molecule has 0 saturated carbocycles. The van der Waals surface area contributed by atoms with Gasteiger partial charge in [-0.3, -0.25) is 0 Å². The van der Waals surface area contributed by atoms with E-state index in [1.807, 2.05) is 13.8 Å². The summed E-state index contributed by atoms with van der Waals surface area (Å²) in [4.78, 5) is 10.00. The highest BCUT2D eigenvalue weighted by molar-refractivity contribution is 5.72. The fraction of sp³-hybridized carbons (Fsp3) is 0.833. The minimum Gasteiger partial charge on any atom is -0.318 e. The molecule has 0 unspecified atom stereocenters. The van der Waals surface area contributed by atoms with E-state index in [0.717, 1.165) is 0 Å². The summed E-state index contributed by atoms with van der Waals surface area (Å²) in [6.45, 7) is 3.84. The predicted molar refractivity (Wildman–Crippen MR) is 33.1 cm³/mol. The Morgan fingerprint density at radius 1 is 1.56 bits per heavy atom. The molecule has 0 amide bonds. The van der Waals surface area contributed by atoms with Crippen molar-refractivity contribution in [1.29, 1.82) is 0 Å². The van der Waals surface area contributed by atoms with Gasteiger partial charge >= 0.3 is 5.97 Å². The second-order valence-electron chi connectivity index (χ2n) is 2.56. The van der Waals surface area contributed by atoms with Gasteiger partial charge in [0, 0.05) is 0 Å². The van der Waals surface area contributed by atoms with Crippen molar-refractivity contribution in [3.8, 4) is 0 Å². The number of rotatable bonds is 3. The molecule has 0 aromatic heterocycles. The number of carbonyl (C=O) groups is 1. The van der Waals surface area contributed by atoms with E-state index in [0.29, 0.717) is 12.3 Å². The Bertz CT molecular complexity index is 101. The predicted octanol–water partition coefficient (Wildman–Crippen LogP) is 0.317. The van der Waals surface area contributed by atoms with Crippen LogP contribution in [0.2, 0.25) is 0 Å². The molecule has 0 aliphatic rings. The van der Waals surface area contributed by atoms with Gasteiger partial charge in [-0.15, -0.1) is 0 Å². The van der Waals surface area contributed by atoms with Crippen LogP contribution >= 0.6 is 0 Å². The summed E-state index contributed by atoms with van der Waals surface area (Å²) in [5.74, 6) is -0.846. The lowest BCUT2D eigenvalue weighted by atomic mass is 10.1. The molecule has 0 spiro atoms. The maximum Gasteiger partial charge on any atom is 0.372 e. The van der Waals surface area contributed by atoms with Gasteiger partial charge in [0.2, 0.25) is 0 Å². The molecule has 0 fully saturated rings. The van der Waals surface area contributed by atoms with E-state index in [1.54, 1.807) is 0 Å². The van der Waals surface area contributed by atoms with Gasteiger partial charge in [-0.2, -0.15) is 0 Å². The van der Waals surface area contributed by atoms with E-state index < -0.39 is 12.0 Å². The van der Waals surface area contributed by atoms with Gasteiger partial charge in [0.25, 0.3) is 0 Å². The highest BCUT2D eigenvalue weighted by Crippen LogP contribution is 2.01. The van der Waals surface area contributed by atoms with Gasteiger partial charge in [-0.05, 0) is 12.3 Å². The van der Waals surface area contributed by atoms with Crippen LogP contribution in [0.4, 0.5) is 0 Å². The van der Waals surface area contributed by atoms with Gasteiger partial charge in [0.15, 0.2) is 0 Å². The Kier molecular flexibility index (Phi) is 3.24. The maximum atomic E-state index is 10.00. The van der Waals surface area contributed by atoms with Gasteiger partial charge in [0.1, 0.15) is 6.04 Å². The summed E-state index contributed by atoms with van der Waals surface area (Å²) in [5.41, 5.74) is 5.16. The van der Waals surface area contributed by atoms with Crippen LogP contribution in [0.1, 0.15) is 20.3 Å². The number of hydrogen-bond acceptors (Lipinski definition) is 2. The highest BCUT2D eigenvalue weighted by Gasteiger charge is 2.14. The molecule has 0 bridgehead atoms. The number of nitrogens with two attached hydrogens (primary N) is 1. The summed E-state index contributed by atoms with van der Waals surface area (Å²) in [6.07, 6.45) is 0.488. The third kappa shape index (κ3) is 3.97. The molecule has 0 heterocycles. The zero-order chi connectivity index (χ0) is 7.44. The first-order chi connectivity index (χ1) is 4.04. The van der Waals surface area contributed by atoms with Crippen molar-refractivity contribution in [3.63, 3.8) is 0 Å². The highest BCUT2D eigenvalue weighted by atomic mass is 16.4. The van der Waals surface area contributed by atoms with E-state index in [2.05, 4.69) is 0 Å². The Morgan fingerprint density at radius 2 is 2.00 bits per heavy atom. The zero-order valence-electron chi connectivity index (χ0n) is 5.76. The monoisotopic (exact) mass is 130 g/mol. The third-order valence-electron chi connectivity index (χ3n) is 1.03. The second-order valence-corrected chi connectivity index (χ2v) is 2.56. The van der Waals surface area contributed by atoms with Crippen LogP contribution in [0.5, 0.6) is 0 Å². The lowest BCUT2D eigenvalue weighted by Crippen LogP contribution is -2.30. The molecular formula is C6H12NO2. The molecule has 3 nitrogen and oxygen atoms in total. The normalized spacial score (nSPS) is 13.8. The topological polar surface area (TPSA) is 63.0 Å². The lowest BCUT2D eigenvalue weighted by molar-refractivity contribution is -0.145. The van der Waals surface area contributed by atoms with Crippen molar-refractivity contribution in [2.45, 2.75) is 26.3 Å². The van der Waals surface area contributed by atoms with Crippen LogP contribution in [0, 0.1) is 5.92 Å². The smallest absolute Gasteiger partial charge is 0.318 e. The Morgan fingerprint density at radius 3 is 2.11 bits per heavy atom. The molecular weight excluding hydrogens is 118 g/mol. The number of hydrogen-bond donors (Lipinski definition) is 1. The molecule has 0 aliphatic heterocycles. The van der Waals surface area contributed by atoms with Crippen molar-refractivity contribution < 1.29 is 9.90 Å².